The van der Waals surface area contributed by atoms with Crippen LogP contribution in [-0.2, 0) is 11.3 Å². The van der Waals surface area contributed by atoms with E-state index in [1.807, 2.05) is 47.7 Å². The molecular formula is C16H15IN2O4. The van der Waals surface area contributed by atoms with Crippen molar-refractivity contribution in [1.82, 2.24) is 0 Å². The normalized spacial score (nSPS) is 10.3. The molecule has 0 aromatic heterocycles. The zero-order chi connectivity index (χ0) is 16.8. The van der Waals surface area contributed by atoms with Gasteiger partial charge in [-0.25, -0.2) is 0 Å². The largest absolute Gasteiger partial charge is 0.377 e. The monoisotopic (exact) mass is 426 g/mol. The molecule has 1 amide bonds. The standard InChI is InChI=1S/C16H15IN2O4/c1-2-23-10-11-4-3-5-12(8-11)18-16(20)14-9-13(19(21)22)6-7-15(14)17/h3-9H,2,10H2,1H3,(H,18,20). The Kier molecular flexibility index (Phi) is 6.05. The van der Waals surface area contributed by atoms with E-state index in [2.05, 4.69) is 5.32 Å². The highest BCUT2D eigenvalue weighted by molar-refractivity contribution is 14.1. The quantitative estimate of drug-likeness (QED) is 0.430. The highest BCUT2D eigenvalue weighted by atomic mass is 127. The Morgan fingerprint density at radius 3 is 2.78 bits per heavy atom. The number of benzene rings is 2. The summed E-state index contributed by atoms with van der Waals surface area (Å²) in [6.07, 6.45) is 0. The second-order valence-corrected chi connectivity index (χ2v) is 5.88. The summed E-state index contributed by atoms with van der Waals surface area (Å²) < 4.78 is 5.99. The lowest BCUT2D eigenvalue weighted by Gasteiger charge is -2.09. The van der Waals surface area contributed by atoms with Crippen LogP contribution < -0.4 is 5.32 Å². The number of hydrogen-bond donors (Lipinski definition) is 1. The Balaban J connectivity index is 2.19. The summed E-state index contributed by atoms with van der Waals surface area (Å²) in [5.74, 6) is -0.383. The first-order valence-electron chi connectivity index (χ1n) is 6.93. The molecule has 23 heavy (non-hydrogen) atoms. The van der Waals surface area contributed by atoms with Crippen molar-refractivity contribution in [2.24, 2.45) is 0 Å². The number of halogens is 1. The second-order valence-electron chi connectivity index (χ2n) is 4.71. The molecule has 0 aliphatic rings. The molecule has 2 aromatic rings. The number of carbonyl (C=O) groups excluding carboxylic acids is 1. The van der Waals surface area contributed by atoms with Crippen LogP contribution in [0, 0.1) is 13.7 Å². The molecule has 1 N–H and O–H groups in total. The summed E-state index contributed by atoms with van der Waals surface area (Å²) in [5, 5.41) is 13.6. The van der Waals surface area contributed by atoms with Gasteiger partial charge >= 0.3 is 0 Å². The molecule has 0 atom stereocenters. The average Bonchev–Trinajstić information content (AvgIpc) is 2.53. The van der Waals surface area contributed by atoms with Gasteiger partial charge in [0.15, 0.2) is 0 Å². The Morgan fingerprint density at radius 2 is 2.09 bits per heavy atom. The zero-order valence-corrected chi connectivity index (χ0v) is 14.6. The van der Waals surface area contributed by atoms with E-state index in [0.29, 0.717) is 22.5 Å². The number of nitrogens with one attached hydrogen (secondary N) is 1. The van der Waals surface area contributed by atoms with Crippen molar-refractivity contribution in [2.75, 3.05) is 11.9 Å². The number of nitrogens with zero attached hydrogens (tertiary/aromatic N) is 1. The first-order chi connectivity index (χ1) is 11.0. The van der Waals surface area contributed by atoms with E-state index in [-0.39, 0.29) is 17.2 Å². The Morgan fingerprint density at radius 1 is 1.30 bits per heavy atom. The molecule has 120 valence electrons. The maximum absolute atomic E-state index is 12.4. The molecular weight excluding hydrogens is 411 g/mol. The van der Waals surface area contributed by atoms with Gasteiger partial charge in [-0.05, 0) is 53.3 Å². The van der Waals surface area contributed by atoms with Crippen LogP contribution in [0.5, 0.6) is 0 Å². The molecule has 0 bridgehead atoms. The van der Waals surface area contributed by atoms with Crippen LogP contribution in [-0.4, -0.2) is 17.4 Å². The Labute approximate surface area is 147 Å². The lowest BCUT2D eigenvalue weighted by atomic mass is 10.1. The fourth-order valence-electron chi connectivity index (χ4n) is 1.96. The van der Waals surface area contributed by atoms with E-state index in [9.17, 15) is 14.9 Å². The van der Waals surface area contributed by atoms with Crippen LogP contribution in [0.15, 0.2) is 42.5 Å². The third kappa shape index (κ3) is 4.73. The minimum Gasteiger partial charge on any atom is -0.377 e. The molecule has 0 saturated heterocycles. The van der Waals surface area contributed by atoms with Crippen LogP contribution in [0.2, 0.25) is 0 Å². The summed E-state index contributed by atoms with van der Waals surface area (Å²) in [6, 6.07) is 11.5. The van der Waals surface area contributed by atoms with E-state index in [4.69, 9.17) is 4.74 Å². The summed E-state index contributed by atoms with van der Waals surface area (Å²) in [7, 11) is 0. The van der Waals surface area contributed by atoms with E-state index in [0.717, 1.165) is 5.56 Å². The predicted octanol–water partition coefficient (Wildman–Crippen LogP) is 3.99. The number of nitro groups is 1. The first kappa shape index (κ1) is 17.4. The minimum absolute atomic E-state index is 0.110. The predicted molar refractivity (Wildman–Crippen MR) is 95.5 cm³/mol. The molecule has 0 fully saturated rings. The summed E-state index contributed by atoms with van der Waals surface area (Å²) in [6.45, 7) is 2.99. The Bertz CT molecular complexity index is 734. The number of carbonyl (C=O) groups is 1. The van der Waals surface area contributed by atoms with Crippen molar-refractivity contribution in [3.63, 3.8) is 0 Å². The third-order valence-corrected chi connectivity index (χ3v) is 4.00. The highest BCUT2D eigenvalue weighted by Crippen LogP contribution is 2.21. The van der Waals surface area contributed by atoms with Crippen molar-refractivity contribution >= 4 is 39.9 Å². The van der Waals surface area contributed by atoms with Gasteiger partial charge in [-0.2, -0.15) is 0 Å². The fourth-order valence-corrected chi connectivity index (χ4v) is 2.54. The van der Waals surface area contributed by atoms with E-state index in [1.165, 1.54) is 12.1 Å². The van der Waals surface area contributed by atoms with Gasteiger partial charge in [-0.15, -0.1) is 0 Å². The lowest BCUT2D eigenvalue weighted by Crippen LogP contribution is -2.14. The molecule has 0 radical (unpaired) electrons. The Hall–Kier alpha value is -2.00. The molecule has 0 aliphatic carbocycles. The second kappa shape index (κ2) is 8.02. The van der Waals surface area contributed by atoms with Crippen LogP contribution >= 0.6 is 22.6 Å². The number of anilines is 1. The molecule has 2 rings (SSSR count). The van der Waals surface area contributed by atoms with Crippen molar-refractivity contribution < 1.29 is 14.5 Å². The van der Waals surface area contributed by atoms with Crippen LogP contribution in [0.1, 0.15) is 22.8 Å². The molecule has 7 heteroatoms. The smallest absolute Gasteiger partial charge is 0.270 e. The van der Waals surface area contributed by atoms with Crippen molar-refractivity contribution in [1.29, 1.82) is 0 Å². The van der Waals surface area contributed by atoms with Crippen LogP contribution in [0.25, 0.3) is 0 Å². The lowest BCUT2D eigenvalue weighted by molar-refractivity contribution is -0.384. The van der Waals surface area contributed by atoms with Gasteiger partial charge in [0.05, 0.1) is 17.1 Å². The van der Waals surface area contributed by atoms with E-state index in [1.54, 1.807) is 12.1 Å². The molecule has 0 spiro atoms. The maximum Gasteiger partial charge on any atom is 0.270 e. The van der Waals surface area contributed by atoms with Crippen LogP contribution in [0.3, 0.4) is 0 Å². The van der Waals surface area contributed by atoms with E-state index < -0.39 is 4.92 Å². The number of amides is 1. The number of nitro benzene ring substituents is 1. The van der Waals surface area contributed by atoms with Crippen molar-refractivity contribution in [3.05, 3.63) is 67.3 Å². The third-order valence-electron chi connectivity index (χ3n) is 3.06. The minimum atomic E-state index is -0.518. The van der Waals surface area contributed by atoms with E-state index >= 15 is 0 Å². The summed E-state index contributed by atoms with van der Waals surface area (Å²) in [4.78, 5) is 22.7. The average molecular weight is 426 g/mol. The van der Waals surface area contributed by atoms with Gasteiger partial charge in [-0.3, -0.25) is 14.9 Å². The molecule has 0 heterocycles. The number of hydrogen-bond acceptors (Lipinski definition) is 4. The van der Waals surface area contributed by atoms with Crippen LogP contribution in [0.4, 0.5) is 11.4 Å². The molecule has 2 aromatic carbocycles. The maximum atomic E-state index is 12.4. The van der Waals surface area contributed by atoms with Gasteiger partial charge < -0.3 is 10.1 Å². The first-order valence-corrected chi connectivity index (χ1v) is 8.01. The summed E-state index contributed by atoms with van der Waals surface area (Å²) >= 11 is 1.98. The molecule has 0 saturated carbocycles. The SMILES string of the molecule is CCOCc1cccc(NC(=O)c2cc([N+](=O)[O-])ccc2I)c1. The van der Waals surface area contributed by atoms with Crippen molar-refractivity contribution in [2.45, 2.75) is 13.5 Å². The number of rotatable bonds is 6. The molecule has 0 unspecified atom stereocenters. The van der Waals surface area contributed by atoms with Gasteiger partial charge in [0.25, 0.3) is 11.6 Å². The van der Waals surface area contributed by atoms with Gasteiger partial charge in [0.1, 0.15) is 0 Å². The molecule has 6 nitrogen and oxygen atoms in total. The summed E-state index contributed by atoms with van der Waals surface area (Å²) in [5.41, 5.74) is 1.73. The number of ether oxygens (including phenoxy) is 1. The van der Waals surface area contributed by atoms with Gasteiger partial charge in [0, 0.05) is 28.0 Å². The zero-order valence-electron chi connectivity index (χ0n) is 12.4. The number of non-ortho nitro benzene ring substituents is 1. The fraction of sp³-hybridized carbons (Fsp3) is 0.188. The topological polar surface area (TPSA) is 81.5 Å². The van der Waals surface area contributed by atoms with Gasteiger partial charge in [0.2, 0.25) is 0 Å². The van der Waals surface area contributed by atoms with Crippen molar-refractivity contribution in [3.8, 4) is 0 Å². The van der Waals surface area contributed by atoms with Gasteiger partial charge in [-0.1, -0.05) is 12.1 Å². The molecule has 0 aliphatic heterocycles. The highest BCUT2D eigenvalue weighted by Gasteiger charge is 2.15.